The first-order valence-corrected chi connectivity index (χ1v) is 4.18. The van der Waals surface area contributed by atoms with Crippen molar-refractivity contribution in [2.75, 3.05) is 0 Å². The van der Waals surface area contributed by atoms with Gasteiger partial charge >= 0.3 is 12.6 Å². The van der Waals surface area contributed by atoms with Gasteiger partial charge in [0.1, 0.15) is 10.9 Å². The quantitative estimate of drug-likeness (QED) is 0.814. The Balaban J connectivity index is 3.02. The summed E-state index contributed by atoms with van der Waals surface area (Å²) in [6, 6.07) is 1.14. The number of carboxylic acids is 1. The van der Waals surface area contributed by atoms with Gasteiger partial charge in [-0.25, -0.2) is 4.98 Å². The van der Waals surface area contributed by atoms with Crippen LogP contribution in [0.2, 0.25) is 5.15 Å². The van der Waals surface area contributed by atoms with Crippen LogP contribution in [0.5, 0.6) is 5.75 Å². The smallest absolute Gasteiger partial charge is 0.387 e. The molecule has 0 spiro atoms. The van der Waals surface area contributed by atoms with Crippen LogP contribution in [0.15, 0.2) is 12.3 Å². The number of carbonyl (C=O) groups is 1. The van der Waals surface area contributed by atoms with Crippen LogP contribution in [0.3, 0.4) is 0 Å². The molecule has 82 valence electrons. The minimum atomic E-state index is -3.03. The van der Waals surface area contributed by atoms with E-state index < -0.39 is 19.0 Å². The molecule has 0 fully saturated rings. The van der Waals surface area contributed by atoms with Gasteiger partial charge in [-0.2, -0.15) is 8.78 Å². The normalized spacial score (nSPS) is 10.4. The highest BCUT2D eigenvalue weighted by atomic mass is 35.5. The van der Waals surface area contributed by atoms with E-state index in [4.69, 9.17) is 16.7 Å². The highest BCUT2D eigenvalue weighted by Gasteiger charge is 2.15. The van der Waals surface area contributed by atoms with Gasteiger partial charge in [0.25, 0.3) is 0 Å². The minimum Gasteiger partial charge on any atom is -0.481 e. The van der Waals surface area contributed by atoms with Crippen molar-refractivity contribution in [3.05, 3.63) is 23.0 Å². The third-order valence-corrected chi connectivity index (χ3v) is 1.83. The lowest BCUT2D eigenvalue weighted by molar-refractivity contribution is -0.136. The molecule has 0 amide bonds. The molecule has 0 aliphatic carbocycles. The van der Waals surface area contributed by atoms with E-state index in [0.29, 0.717) is 0 Å². The fourth-order valence-electron chi connectivity index (χ4n) is 0.968. The maximum atomic E-state index is 11.9. The summed E-state index contributed by atoms with van der Waals surface area (Å²) in [4.78, 5) is 14.0. The molecule has 0 saturated carbocycles. The largest absolute Gasteiger partial charge is 0.481 e. The molecule has 4 nitrogen and oxygen atoms in total. The van der Waals surface area contributed by atoms with Crippen LogP contribution >= 0.6 is 11.6 Å². The molecule has 1 aromatic heterocycles. The monoisotopic (exact) mass is 237 g/mol. The van der Waals surface area contributed by atoms with Gasteiger partial charge in [-0.3, -0.25) is 4.79 Å². The van der Waals surface area contributed by atoms with Crippen molar-refractivity contribution in [3.63, 3.8) is 0 Å². The molecular formula is C8H6ClF2NO3. The average molecular weight is 238 g/mol. The predicted octanol–water partition coefficient (Wildman–Crippen LogP) is 1.96. The Morgan fingerprint density at radius 1 is 1.67 bits per heavy atom. The zero-order chi connectivity index (χ0) is 11.4. The first kappa shape index (κ1) is 11.6. The summed E-state index contributed by atoms with van der Waals surface area (Å²) in [5.74, 6) is -1.48. The van der Waals surface area contributed by atoms with Crippen molar-refractivity contribution in [3.8, 4) is 5.75 Å². The molecule has 0 radical (unpaired) electrons. The molecule has 0 bridgehead atoms. The molecule has 15 heavy (non-hydrogen) atoms. The van der Waals surface area contributed by atoms with Gasteiger partial charge in [0, 0.05) is 11.8 Å². The maximum absolute atomic E-state index is 11.9. The topological polar surface area (TPSA) is 59.4 Å². The van der Waals surface area contributed by atoms with E-state index in [9.17, 15) is 13.6 Å². The fraction of sp³-hybridized carbons (Fsp3) is 0.250. The number of aliphatic carboxylic acids is 1. The van der Waals surface area contributed by atoms with Crippen molar-refractivity contribution >= 4 is 17.6 Å². The van der Waals surface area contributed by atoms with E-state index >= 15 is 0 Å². The van der Waals surface area contributed by atoms with Gasteiger partial charge in [-0.15, -0.1) is 0 Å². The third kappa shape index (κ3) is 3.32. The second kappa shape index (κ2) is 4.88. The van der Waals surface area contributed by atoms with Crippen LogP contribution < -0.4 is 4.74 Å². The number of rotatable bonds is 4. The molecule has 1 heterocycles. The molecule has 0 aliphatic heterocycles. The van der Waals surface area contributed by atoms with E-state index in [0.717, 1.165) is 12.3 Å². The Bertz CT molecular complexity index is 373. The molecule has 0 aromatic carbocycles. The van der Waals surface area contributed by atoms with Crippen molar-refractivity contribution in [2.24, 2.45) is 0 Å². The standard InChI is InChI=1S/C8H6ClF2NO3/c9-7-4(3-6(13)14)5(1-2-12-7)15-8(10)11/h1-2,8H,3H2,(H,13,14). The summed E-state index contributed by atoms with van der Waals surface area (Å²) in [5, 5.41) is 8.36. The highest BCUT2D eigenvalue weighted by molar-refractivity contribution is 6.30. The Kier molecular flexibility index (Phi) is 3.79. The predicted molar refractivity (Wildman–Crippen MR) is 47.2 cm³/mol. The molecule has 7 heteroatoms. The van der Waals surface area contributed by atoms with Gasteiger partial charge in [-0.05, 0) is 6.07 Å². The van der Waals surface area contributed by atoms with Gasteiger partial charge in [0.05, 0.1) is 6.42 Å². The molecular weight excluding hydrogens is 232 g/mol. The van der Waals surface area contributed by atoms with E-state index in [1.54, 1.807) is 0 Å². The van der Waals surface area contributed by atoms with Crippen LogP contribution in [-0.4, -0.2) is 22.7 Å². The highest BCUT2D eigenvalue weighted by Crippen LogP contribution is 2.26. The van der Waals surface area contributed by atoms with Crippen LogP contribution in [0.1, 0.15) is 5.56 Å². The zero-order valence-corrected chi connectivity index (χ0v) is 8.04. The summed E-state index contributed by atoms with van der Waals surface area (Å²) in [5.41, 5.74) is -0.0630. The Morgan fingerprint density at radius 2 is 2.33 bits per heavy atom. The molecule has 1 aromatic rings. The molecule has 0 unspecified atom stereocenters. The van der Waals surface area contributed by atoms with Crippen LogP contribution in [0.4, 0.5) is 8.78 Å². The average Bonchev–Trinajstić information content (AvgIpc) is 2.09. The molecule has 1 rings (SSSR count). The summed E-state index contributed by atoms with van der Waals surface area (Å²) < 4.78 is 28.0. The summed E-state index contributed by atoms with van der Waals surface area (Å²) in [7, 11) is 0. The molecule has 0 atom stereocenters. The van der Waals surface area contributed by atoms with Gasteiger partial charge in [0.15, 0.2) is 0 Å². The number of halogens is 3. The van der Waals surface area contributed by atoms with Crippen molar-refractivity contribution < 1.29 is 23.4 Å². The lowest BCUT2D eigenvalue weighted by Crippen LogP contribution is -2.08. The van der Waals surface area contributed by atoms with Crippen LogP contribution in [-0.2, 0) is 11.2 Å². The second-order valence-corrected chi connectivity index (χ2v) is 2.89. The lowest BCUT2D eigenvalue weighted by Gasteiger charge is -2.09. The summed E-state index contributed by atoms with van der Waals surface area (Å²) >= 11 is 5.56. The number of alkyl halides is 2. The fourth-order valence-corrected chi connectivity index (χ4v) is 1.18. The van der Waals surface area contributed by atoms with E-state index in [1.807, 2.05) is 0 Å². The maximum Gasteiger partial charge on any atom is 0.387 e. The number of carboxylic acid groups (broad SMARTS) is 1. The van der Waals surface area contributed by atoms with Crippen LogP contribution in [0.25, 0.3) is 0 Å². The second-order valence-electron chi connectivity index (χ2n) is 2.53. The van der Waals surface area contributed by atoms with Crippen molar-refractivity contribution in [2.45, 2.75) is 13.0 Å². The van der Waals surface area contributed by atoms with Crippen LogP contribution in [0, 0.1) is 0 Å². The van der Waals surface area contributed by atoms with Crippen molar-refractivity contribution in [1.82, 2.24) is 4.98 Å². The van der Waals surface area contributed by atoms with Crippen molar-refractivity contribution in [1.29, 1.82) is 0 Å². The Morgan fingerprint density at radius 3 is 2.87 bits per heavy atom. The Hall–Kier alpha value is -1.43. The number of aromatic nitrogens is 1. The van der Waals surface area contributed by atoms with E-state index in [2.05, 4.69) is 9.72 Å². The SMILES string of the molecule is O=C(O)Cc1c(OC(F)F)ccnc1Cl. The Labute approximate surface area is 88.4 Å². The van der Waals surface area contributed by atoms with E-state index in [1.165, 1.54) is 0 Å². The number of hydrogen-bond donors (Lipinski definition) is 1. The third-order valence-electron chi connectivity index (χ3n) is 1.50. The number of ether oxygens (including phenoxy) is 1. The number of hydrogen-bond acceptors (Lipinski definition) is 3. The summed E-state index contributed by atoms with van der Waals surface area (Å²) in [6.45, 7) is -3.03. The van der Waals surface area contributed by atoms with Gasteiger partial charge in [0.2, 0.25) is 0 Å². The van der Waals surface area contributed by atoms with Gasteiger partial charge < -0.3 is 9.84 Å². The van der Waals surface area contributed by atoms with Gasteiger partial charge in [-0.1, -0.05) is 11.6 Å². The molecule has 0 aliphatic rings. The number of pyridine rings is 1. The first-order valence-electron chi connectivity index (χ1n) is 3.80. The molecule has 0 saturated heterocycles. The summed E-state index contributed by atoms with van der Waals surface area (Å²) in [6.07, 6.45) is 0.639. The number of nitrogens with zero attached hydrogens (tertiary/aromatic N) is 1. The van der Waals surface area contributed by atoms with E-state index in [-0.39, 0.29) is 16.5 Å². The zero-order valence-electron chi connectivity index (χ0n) is 7.28. The molecule has 1 N–H and O–H groups in total. The first-order chi connectivity index (χ1) is 7.00. The lowest BCUT2D eigenvalue weighted by atomic mass is 10.2. The minimum absolute atomic E-state index is 0.0630.